The molecule has 2 atom stereocenters. The summed E-state index contributed by atoms with van der Waals surface area (Å²) in [5.74, 6) is 0. The molecule has 3 rings (SSSR count). The molecule has 0 amide bonds. The lowest BCUT2D eigenvalue weighted by Crippen LogP contribution is -2.46. The second-order valence-electron chi connectivity index (χ2n) is 5.97. The van der Waals surface area contributed by atoms with Crippen LogP contribution in [0.5, 0.6) is 0 Å². The summed E-state index contributed by atoms with van der Waals surface area (Å²) >= 11 is 0. The fourth-order valence-electron chi connectivity index (χ4n) is 3.02. The Labute approximate surface area is 120 Å². The third kappa shape index (κ3) is 3.02. The Balaban J connectivity index is 1.64. The highest BCUT2D eigenvalue weighted by Crippen LogP contribution is 2.15. The molecule has 1 saturated heterocycles. The van der Waals surface area contributed by atoms with E-state index in [4.69, 9.17) is 4.74 Å². The summed E-state index contributed by atoms with van der Waals surface area (Å²) in [7, 11) is 0. The highest BCUT2D eigenvalue weighted by atomic mass is 16.5. The van der Waals surface area contributed by atoms with Gasteiger partial charge in [-0.25, -0.2) is 0 Å². The molecule has 2 aromatic rings. The van der Waals surface area contributed by atoms with Gasteiger partial charge in [0.2, 0.25) is 0 Å². The van der Waals surface area contributed by atoms with E-state index in [1.807, 2.05) is 0 Å². The summed E-state index contributed by atoms with van der Waals surface area (Å²) in [6.45, 7) is 10.4. The summed E-state index contributed by atoms with van der Waals surface area (Å²) in [5.41, 5.74) is 2.37. The highest BCUT2D eigenvalue weighted by Gasteiger charge is 2.21. The van der Waals surface area contributed by atoms with E-state index in [0.29, 0.717) is 12.2 Å². The number of aryl methyl sites for hydroxylation is 1. The number of rotatable bonds is 3. The van der Waals surface area contributed by atoms with Crippen LogP contribution in [-0.2, 0) is 11.3 Å². The van der Waals surface area contributed by atoms with Gasteiger partial charge in [-0.3, -0.25) is 9.58 Å². The van der Waals surface area contributed by atoms with Gasteiger partial charge in [-0.1, -0.05) is 11.6 Å². The van der Waals surface area contributed by atoms with Gasteiger partial charge in [-0.2, -0.15) is 5.10 Å². The van der Waals surface area contributed by atoms with Crippen LogP contribution in [0.2, 0.25) is 0 Å². The number of hydrogen-bond donors (Lipinski definition) is 0. The molecule has 4 heteroatoms. The van der Waals surface area contributed by atoms with E-state index < -0.39 is 0 Å². The van der Waals surface area contributed by atoms with Crippen LogP contribution in [0.25, 0.3) is 10.9 Å². The largest absolute Gasteiger partial charge is 0.373 e. The van der Waals surface area contributed by atoms with Crippen LogP contribution in [0, 0.1) is 6.92 Å². The maximum absolute atomic E-state index is 5.77. The minimum atomic E-state index is 0.332. The van der Waals surface area contributed by atoms with Crippen molar-refractivity contribution in [2.45, 2.75) is 39.5 Å². The van der Waals surface area contributed by atoms with E-state index in [-0.39, 0.29) is 0 Å². The monoisotopic (exact) mass is 273 g/mol. The zero-order valence-corrected chi connectivity index (χ0v) is 12.5. The molecule has 1 aromatic carbocycles. The quantitative estimate of drug-likeness (QED) is 0.860. The van der Waals surface area contributed by atoms with Crippen molar-refractivity contribution in [1.29, 1.82) is 0 Å². The van der Waals surface area contributed by atoms with E-state index in [0.717, 1.165) is 31.7 Å². The Morgan fingerprint density at radius 2 is 1.95 bits per heavy atom. The molecule has 0 unspecified atom stereocenters. The molecule has 2 heterocycles. The molecule has 1 aliphatic heterocycles. The van der Waals surface area contributed by atoms with Crippen molar-refractivity contribution >= 4 is 10.9 Å². The van der Waals surface area contributed by atoms with Crippen LogP contribution in [0.15, 0.2) is 24.4 Å². The highest BCUT2D eigenvalue weighted by molar-refractivity contribution is 5.78. The Kier molecular flexibility index (Phi) is 3.76. The van der Waals surface area contributed by atoms with Crippen molar-refractivity contribution in [3.63, 3.8) is 0 Å². The van der Waals surface area contributed by atoms with Gasteiger partial charge < -0.3 is 4.74 Å². The minimum absolute atomic E-state index is 0.332. The average molecular weight is 273 g/mol. The van der Waals surface area contributed by atoms with Gasteiger partial charge in [0.25, 0.3) is 0 Å². The second-order valence-corrected chi connectivity index (χ2v) is 5.97. The fraction of sp³-hybridized carbons (Fsp3) is 0.562. The van der Waals surface area contributed by atoms with Gasteiger partial charge in [0, 0.05) is 31.2 Å². The summed E-state index contributed by atoms with van der Waals surface area (Å²) in [4.78, 5) is 2.47. The van der Waals surface area contributed by atoms with Crippen molar-refractivity contribution in [2.75, 3.05) is 19.6 Å². The van der Waals surface area contributed by atoms with Crippen molar-refractivity contribution in [3.05, 3.63) is 30.0 Å². The van der Waals surface area contributed by atoms with Crippen LogP contribution in [0.1, 0.15) is 19.4 Å². The zero-order chi connectivity index (χ0) is 14.1. The van der Waals surface area contributed by atoms with Gasteiger partial charge in [0.1, 0.15) is 0 Å². The summed E-state index contributed by atoms with van der Waals surface area (Å²) < 4.78 is 7.83. The van der Waals surface area contributed by atoms with Crippen molar-refractivity contribution < 1.29 is 4.74 Å². The normalized spacial score (nSPS) is 24.4. The maximum atomic E-state index is 5.77. The molecule has 108 valence electrons. The number of benzene rings is 1. The third-order valence-corrected chi connectivity index (χ3v) is 3.85. The van der Waals surface area contributed by atoms with E-state index in [1.54, 1.807) is 0 Å². The number of ether oxygens (including phenoxy) is 1. The molecule has 0 bridgehead atoms. The van der Waals surface area contributed by atoms with Crippen LogP contribution >= 0.6 is 0 Å². The minimum Gasteiger partial charge on any atom is -0.373 e. The molecular formula is C16H23N3O. The topological polar surface area (TPSA) is 30.3 Å². The molecule has 4 nitrogen and oxygen atoms in total. The van der Waals surface area contributed by atoms with Gasteiger partial charge in [0.05, 0.1) is 24.3 Å². The third-order valence-electron chi connectivity index (χ3n) is 3.85. The molecule has 1 aliphatic rings. The Hall–Kier alpha value is -1.39. The van der Waals surface area contributed by atoms with Crippen LogP contribution in [0.4, 0.5) is 0 Å². The van der Waals surface area contributed by atoms with Gasteiger partial charge >= 0.3 is 0 Å². The van der Waals surface area contributed by atoms with Crippen LogP contribution in [0.3, 0.4) is 0 Å². The molecule has 0 aliphatic carbocycles. The van der Waals surface area contributed by atoms with Gasteiger partial charge in [0.15, 0.2) is 0 Å². The average Bonchev–Trinajstić information content (AvgIpc) is 2.77. The first kappa shape index (κ1) is 13.6. The first-order chi connectivity index (χ1) is 9.60. The fourth-order valence-corrected chi connectivity index (χ4v) is 3.02. The van der Waals surface area contributed by atoms with Gasteiger partial charge in [-0.15, -0.1) is 0 Å². The molecule has 0 N–H and O–H groups in total. The van der Waals surface area contributed by atoms with E-state index in [1.165, 1.54) is 10.9 Å². The predicted molar refractivity (Wildman–Crippen MR) is 80.9 cm³/mol. The van der Waals surface area contributed by atoms with Crippen molar-refractivity contribution in [2.24, 2.45) is 0 Å². The van der Waals surface area contributed by atoms with E-state index in [2.05, 4.69) is 59.8 Å². The molecular weight excluding hydrogens is 250 g/mol. The predicted octanol–water partition coefficient (Wildman–Crippen LogP) is 2.45. The first-order valence-corrected chi connectivity index (χ1v) is 7.42. The number of fused-ring (bicyclic) bond motifs is 1. The standard InChI is InChI=1S/C16H23N3O/c1-12-4-5-16-15(8-12)11-19(17-16)7-6-18-9-13(2)20-14(3)10-18/h4-5,8,11,13-14H,6-7,9-10H2,1-3H3/t13-,14+. The molecule has 20 heavy (non-hydrogen) atoms. The van der Waals surface area contributed by atoms with Crippen molar-refractivity contribution in [1.82, 2.24) is 14.7 Å². The molecule has 1 fully saturated rings. The Morgan fingerprint density at radius 1 is 1.20 bits per heavy atom. The van der Waals surface area contributed by atoms with Crippen LogP contribution in [-0.4, -0.2) is 46.5 Å². The summed E-state index contributed by atoms with van der Waals surface area (Å²) in [6, 6.07) is 6.41. The van der Waals surface area contributed by atoms with Crippen molar-refractivity contribution in [3.8, 4) is 0 Å². The molecule has 0 radical (unpaired) electrons. The van der Waals surface area contributed by atoms with Gasteiger partial charge in [-0.05, 0) is 32.9 Å². The van der Waals surface area contributed by atoms with E-state index in [9.17, 15) is 0 Å². The second kappa shape index (κ2) is 5.54. The lowest BCUT2D eigenvalue weighted by molar-refractivity contribution is -0.0687. The molecule has 1 aromatic heterocycles. The lowest BCUT2D eigenvalue weighted by atomic mass is 10.2. The van der Waals surface area contributed by atoms with E-state index >= 15 is 0 Å². The smallest absolute Gasteiger partial charge is 0.0923 e. The zero-order valence-electron chi connectivity index (χ0n) is 12.5. The van der Waals surface area contributed by atoms with Crippen LogP contribution < -0.4 is 0 Å². The number of hydrogen-bond acceptors (Lipinski definition) is 3. The Bertz CT molecular complexity index is 582. The lowest BCUT2D eigenvalue weighted by Gasteiger charge is -2.35. The summed E-state index contributed by atoms with van der Waals surface area (Å²) in [5, 5.41) is 5.87. The molecule has 0 saturated carbocycles. The first-order valence-electron chi connectivity index (χ1n) is 7.42. The Morgan fingerprint density at radius 3 is 2.70 bits per heavy atom. The number of nitrogens with zero attached hydrogens (tertiary/aromatic N) is 3. The molecule has 0 spiro atoms. The number of morpholine rings is 1. The summed E-state index contributed by atoms with van der Waals surface area (Å²) in [6.07, 6.45) is 2.81. The number of aromatic nitrogens is 2. The maximum Gasteiger partial charge on any atom is 0.0923 e. The SMILES string of the molecule is Cc1ccc2nn(CCN3C[C@@H](C)O[C@@H](C)C3)cc2c1.